The number of nitrogens with zero attached hydrogens (tertiary/aromatic N) is 1. The van der Waals surface area contributed by atoms with E-state index in [1.807, 2.05) is 0 Å². The van der Waals surface area contributed by atoms with E-state index in [1.165, 1.54) is 0 Å². The maximum Gasteiger partial charge on any atom is 0.235 e. The van der Waals surface area contributed by atoms with Crippen LogP contribution in [0.3, 0.4) is 0 Å². The van der Waals surface area contributed by atoms with E-state index >= 15 is 0 Å². The molecule has 1 aliphatic heterocycles. The highest BCUT2D eigenvalue weighted by molar-refractivity contribution is 6.32. The Labute approximate surface area is 122 Å². The Morgan fingerprint density at radius 3 is 2.65 bits per heavy atom. The van der Waals surface area contributed by atoms with Gasteiger partial charge in [-0.25, -0.2) is 4.79 Å². The molecule has 0 bridgehead atoms. The highest BCUT2D eigenvalue weighted by Crippen LogP contribution is 2.57. The number of rotatable bonds is 3. The van der Waals surface area contributed by atoms with Crippen LogP contribution in [0.2, 0.25) is 5.02 Å². The molecule has 1 aromatic carbocycles. The molecule has 1 aromatic rings. The van der Waals surface area contributed by atoms with Gasteiger partial charge in [-0.15, -0.1) is 0 Å². The van der Waals surface area contributed by atoms with Gasteiger partial charge in [0.25, 0.3) is 0 Å². The summed E-state index contributed by atoms with van der Waals surface area (Å²) < 4.78 is 11.4. The average molecular weight is 294 g/mol. The van der Waals surface area contributed by atoms with Crippen LogP contribution in [0.15, 0.2) is 11.1 Å². The molecule has 1 saturated carbocycles. The number of ether oxygens (including phenoxy) is 2. The second kappa shape index (κ2) is 4.80. The van der Waals surface area contributed by atoms with Gasteiger partial charge in [0, 0.05) is 17.2 Å². The molecule has 0 spiro atoms. The SMILES string of the molecule is CC(C)c1c2c(cc(Cl)c1C1(N=C=O)CC1)OCCO2. The fraction of sp³-hybridized carbons (Fsp3) is 0.533. The fourth-order valence-electron chi connectivity index (χ4n) is 2.83. The van der Waals surface area contributed by atoms with Crippen molar-refractivity contribution in [1.29, 1.82) is 0 Å². The summed E-state index contributed by atoms with van der Waals surface area (Å²) in [6.07, 6.45) is 3.33. The van der Waals surface area contributed by atoms with Crippen molar-refractivity contribution in [3.63, 3.8) is 0 Å². The third kappa shape index (κ3) is 2.00. The van der Waals surface area contributed by atoms with E-state index in [0.29, 0.717) is 24.0 Å². The van der Waals surface area contributed by atoms with E-state index in [4.69, 9.17) is 21.1 Å². The number of carbonyl (C=O) groups excluding carboxylic acids is 1. The summed E-state index contributed by atoms with van der Waals surface area (Å²) in [6, 6.07) is 1.78. The maximum atomic E-state index is 10.7. The first-order chi connectivity index (χ1) is 9.59. The molecule has 0 amide bonds. The van der Waals surface area contributed by atoms with Crippen LogP contribution in [0.1, 0.15) is 43.7 Å². The third-order valence-electron chi connectivity index (χ3n) is 3.85. The monoisotopic (exact) mass is 293 g/mol. The van der Waals surface area contributed by atoms with Crippen LogP contribution in [0.4, 0.5) is 0 Å². The summed E-state index contributed by atoms with van der Waals surface area (Å²) in [5.74, 6) is 1.64. The Hall–Kier alpha value is -1.51. The van der Waals surface area contributed by atoms with Gasteiger partial charge in [-0.2, -0.15) is 4.99 Å². The van der Waals surface area contributed by atoms with Crippen LogP contribution in [-0.2, 0) is 10.3 Å². The maximum absolute atomic E-state index is 10.7. The third-order valence-corrected chi connectivity index (χ3v) is 4.15. The number of isocyanates is 1. The van der Waals surface area contributed by atoms with Crippen LogP contribution < -0.4 is 9.47 Å². The summed E-state index contributed by atoms with van der Waals surface area (Å²) in [7, 11) is 0. The van der Waals surface area contributed by atoms with Gasteiger partial charge in [-0.3, -0.25) is 0 Å². The normalized spacial score (nSPS) is 18.6. The van der Waals surface area contributed by atoms with Gasteiger partial charge in [0.05, 0.1) is 5.02 Å². The second-order valence-corrected chi connectivity index (χ2v) is 5.97. The lowest BCUT2D eigenvalue weighted by molar-refractivity contribution is 0.169. The Kier molecular flexibility index (Phi) is 3.23. The first-order valence-electron chi connectivity index (χ1n) is 6.80. The number of benzene rings is 1. The number of hydrogen-bond donors (Lipinski definition) is 0. The van der Waals surface area contributed by atoms with Crippen molar-refractivity contribution in [2.45, 2.75) is 38.1 Å². The second-order valence-electron chi connectivity index (χ2n) is 5.56. The Bertz CT molecular complexity index is 602. The van der Waals surface area contributed by atoms with Crippen molar-refractivity contribution in [1.82, 2.24) is 0 Å². The first kappa shape index (κ1) is 13.5. The van der Waals surface area contributed by atoms with Gasteiger partial charge in [0.1, 0.15) is 18.8 Å². The van der Waals surface area contributed by atoms with E-state index < -0.39 is 5.54 Å². The van der Waals surface area contributed by atoms with E-state index in [-0.39, 0.29) is 5.92 Å². The van der Waals surface area contributed by atoms with Gasteiger partial charge in [0.2, 0.25) is 6.08 Å². The molecule has 3 rings (SSSR count). The Morgan fingerprint density at radius 1 is 1.35 bits per heavy atom. The van der Waals surface area contributed by atoms with Crippen LogP contribution in [-0.4, -0.2) is 19.3 Å². The summed E-state index contributed by atoms with van der Waals surface area (Å²) in [5, 5.41) is 0.592. The van der Waals surface area contributed by atoms with E-state index in [2.05, 4.69) is 18.8 Å². The molecule has 1 aliphatic carbocycles. The molecule has 0 aromatic heterocycles. The van der Waals surface area contributed by atoms with E-state index in [9.17, 15) is 4.79 Å². The van der Waals surface area contributed by atoms with Crippen molar-refractivity contribution < 1.29 is 14.3 Å². The molecular formula is C15H16ClNO3. The van der Waals surface area contributed by atoms with Crippen LogP contribution in [0, 0.1) is 0 Å². The zero-order valence-electron chi connectivity index (χ0n) is 11.5. The molecule has 0 atom stereocenters. The summed E-state index contributed by atoms with van der Waals surface area (Å²) in [4.78, 5) is 14.7. The van der Waals surface area contributed by atoms with Gasteiger partial charge in [0.15, 0.2) is 11.5 Å². The minimum atomic E-state index is -0.506. The van der Waals surface area contributed by atoms with Crippen molar-refractivity contribution >= 4 is 17.7 Å². The largest absolute Gasteiger partial charge is 0.486 e. The molecule has 20 heavy (non-hydrogen) atoms. The van der Waals surface area contributed by atoms with E-state index in [0.717, 1.165) is 29.7 Å². The molecule has 1 fully saturated rings. The molecule has 0 N–H and O–H groups in total. The standard InChI is InChI=1S/C15H16ClNO3/c1-9(2)12-13(15(3-4-15)17-8-18)10(16)7-11-14(12)20-6-5-19-11/h7,9H,3-6H2,1-2H3. The summed E-state index contributed by atoms with van der Waals surface area (Å²) >= 11 is 6.45. The molecule has 0 saturated heterocycles. The van der Waals surface area contributed by atoms with Gasteiger partial charge in [-0.05, 0) is 18.8 Å². The summed E-state index contributed by atoms with van der Waals surface area (Å²) in [5.41, 5.74) is 1.40. The Morgan fingerprint density at radius 2 is 2.05 bits per heavy atom. The van der Waals surface area contributed by atoms with Crippen LogP contribution >= 0.6 is 11.6 Å². The zero-order valence-corrected chi connectivity index (χ0v) is 12.3. The molecule has 5 heteroatoms. The number of fused-ring (bicyclic) bond motifs is 1. The van der Waals surface area contributed by atoms with Crippen molar-refractivity contribution in [3.8, 4) is 11.5 Å². The zero-order chi connectivity index (χ0) is 14.3. The minimum absolute atomic E-state index is 0.207. The summed E-state index contributed by atoms with van der Waals surface area (Å²) in [6.45, 7) is 5.21. The molecule has 2 aliphatic rings. The lowest BCUT2D eigenvalue weighted by atomic mass is 9.90. The highest BCUT2D eigenvalue weighted by atomic mass is 35.5. The van der Waals surface area contributed by atoms with Gasteiger partial charge < -0.3 is 9.47 Å². The molecule has 1 heterocycles. The smallest absolute Gasteiger partial charge is 0.235 e. The number of halogens is 1. The average Bonchev–Trinajstić information content (AvgIpc) is 3.18. The van der Waals surface area contributed by atoms with Crippen molar-refractivity contribution in [2.24, 2.45) is 4.99 Å². The molecule has 0 unspecified atom stereocenters. The predicted molar refractivity (Wildman–Crippen MR) is 75.6 cm³/mol. The van der Waals surface area contributed by atoms with Crippen molar-refractivity contribution in [2.75, 3.05) is 13.2 Å². The number of hydrogen-bond acceptors (Lipinski definition) is 4. The number of aliphatic imine (C=N–C) groups is 1. The van der Waals surface area contributed by atoms with Crippen LogP contribution in [0.25, 0.3) is 0 Å². The van der Waals surface area contributed by atoms with Crippen LogP contribution in [0.5, 0.6) is 11.5 Å². The van der Waals surface area contributed by atoms with E-state index in [1.54, 1.807) is 12.1 Å². The fourth-order valence-corrected chi connectivity index (χ4v) is 3.20. The van der Waals surface area contributed by atoms with Gasteiger partial charge in [-0.1, -0.05) is 25.4 Å². The molecular weight excluding hydrogens is 278 g/mol. The molecule has 106 valence electrons. The molecule has 4 nitrogen and oxygen atoms in total. The quantitative estimate of drug-likeness (QED) is 0.632. The minimum Gasteiger partial charge on any atom is -0.486 e. The first-order valence-corrected chi connectivity index (χ1v) is 7.18. The topological polar surface area (TPSA) is 47.9 Å². The molecule has 0 radical (unpaired) electrons. The highest BCUT2D eigenvalue weighted by Gasteiger charge is 2.49. The van der Waals surface area contributed by atoms with Gasteiger partial charge >= 0.3 is 0 Å². The lowest BCUT2D eigenvalue weighted by Gasteiger charge is -2.27. The van der Waals surface area contributed by atoms with Crippen molar-refractivity contribution in [3.05, 3.63) is 22.2 Å². The Balaban J connectivity index is 2.26. The predicted octanol–water partition coefficient (Wildman–Crippen LogP) is 3.56. The lowest BCUT2D eigenvalue weighted by Crippen LogP contribution is -2.19.